The van der Waals surface area contributed by atoms with Crippen molar-refractivity contribution in [3.63, 3.8) is 0 Å². The highest BCUT2D eigenvalue weighted by Crippen LogP contribution is 2.09. The molecule has 1 heterocycles. The lowest BCUT2D eigenvalue weighted by atomic mass is 10.2. The number of carboxylic acid groups (broad SMARTS) is 1. The Kier molecular flexibility index (Phi) is 6.07. The quantitative estimate of drug-likeness (QED) is 0.727. The number of methoxy groups -OCH3 is 1. The molecule has 0 aromatic carbocycles. The number of nitrogens with one attached hydrogen (secondary N) is 1. The lowest BCUT2D eigenvalue weighted by Gasteiger charge is -2.14. The van der Waals surface area contributed by atoms with Gasteiger partial charge in [-0.15, -0.1) is 0 Å². The average Bonchev–Trinajstić information content (AvgIpc) is 2.35. The number of anilines is 1. The summed E-state index contributed by atoms with van der Waals surface area (Å²) in [5.74, 6) is -0.375. The maximum Gasteiger partial charge on any atom is 0.326 e. The summed E-state index contributed by atoms with van der Waals surface area (Å²) in [7, 11) is 1.54. The maximum absolute atomic E-state index is 11.1. The molecule has 6 nitrogen and oxygen atoms in total. The Morgan fingerprint density at radius 3 is 2.94 bits per heavy atom. The summed E-state index contributed by atoms with van der Waals surface area (Å²) in [6.07, 6.45) is 3.68. The minimum Gasteiger partial charge on any atom is -0.480 e. The Bertz CT molecular complexity index is 385. The van der Waals surface area contributed by atoms with Gasteiger partial charge in [0.15, 0.2) is 0 Å². The first kappa shape index (κ1) is 14.4. The molecule has 0 amide bonds. The third-order valence-corrected chi connectivity index (χ3v) is 2.46. The summed E-state index contributed by atoms with van der Waals surface area (Å²) in [6, 6.07) is 1.08. The van der Waals surface area contributed by atoms with Gasteiger partial charge in [0.1, 0.15) is 18.2 Å². The second kappa shape index (κ2) is 7.60. The predicted molar refractivity (Wildman–Crippen MR) is 67.6 cm³/mol. The molecular weight excluding hydrogens is 234 g/mol. The van der Waals surface area contributed by atoms with E-state index in [1.807, 2.05) is 0 Å². The standard InChI is InChI=1S/C12H19N3O3/c1-3-4-9-7-11(14-8-13-9)15-10(12(16)17)5-6-18-2/h7-8,10H,3-6H2,1-2H3,(H,16,17)(H,13,14,15). The van der Waals surface area contributed by atoms with E-state index in [0.717, 1.165) is 18.5 Å². The van der Waals surface area contributed by atoms with E-state index >= 15 is 0 Å². The SMILES string of the molecule is CCCc1cc(NC(CCOC)C(=O)O)ncn1. The summed E-state index contributed by atoms with van der Waals surface area (Å²) in [5.41, 5.74) is 0.908. The topological polar surface area (TPSA) is 84.3 Å². The zero-order chi connectivity index (χ0) is 13.4. The van der Waals surface area contributed by atoms with Crippen LogP contribution in [0.15, 0.2) is 12.4 Å². The summed E-state index contributed by atoms with van der Waals surface area (Å²) in [5, 5.41) is 12.0. The molecule has 6 heteroatoms. The number of carboxylic acids is 1. The van der Waals surface area contributed by atoms with Crippen LogP contribution in [0.3, 0.4) is 0 Å². The van der Waals surface area contributed by atoms with Crippen molar-refractivity contribution in [2.24, 2.45) is 0 Å². The van der Waals surface area contributed by atoms with Crippen LogP contribution in [0.4, 0.5) is 5.82 Å². The van der Waals surface area contributed by atoms with Crippen molar-refractivity contribution in [3.8, 4) is 0 Å². The Morgan fingerprint density at radius 2 is 2.33 bits per heavy atom. The largest absolute Gasteiger partial charge is 0.480 e. The predicted octanol–water partition coefficient (Wildman–Crippen LogP) is 1.33. The molecule has 0 bridgehead atoms. The van der Waals surface area contributed by atoms with E-state index < -0.39 is 12.0 Å². The van der Waals surface area contributed by atoms with Crippen molar-refractivity contribution in [2.45, 2.75) is 32.2 Å². The number of aromatic nitrogens is 2. The van der Waals surface area contributed by atoms with Crippen molar-refractivity contribution < 1.29 is 14.6 Å². The lowest BCUT2D eigenvalue weighted by Crippen LogP contribution is -2.31. The van der Waals surface area contributed by atoms with Crippen molar-refractivity contribution in [2.75, 3.05) is 19.0 Å². The highest BCUT2D eigenvalue weighted by molar-refractivity contribution is 5.76. The molecule has 0 saturated carbocycles. The van der Waals surface area contributed by atoms with E-state index in [4.69, 9.17) is 9.84 Å². The van der Waals surface area contributed by atoms with Gasteiger partial charge in [0.05, 0.1) is 0 Å². The highest BCUT2D eigenvalue weighted by Gasteiger charge is 2.17. The molecular formula is C12H19N3O3. The van der Waals surface area contributed by atoms with Crippen LogP contribution in [0.1, 0.15) is 25.5 Å². The van der Waals surface area contributed by atoms with Crippen LogP contribution < -0.4 is 5.32 Å². The normalized spacial score (nSPS) is 12.1. The van der Waals surface area contributed by atoms with E-state index in [9.17, 15) is 4.79 Å². The number of nitrogens with zero attached hydrogens (tertiary/aromatic N) is 2. The van der Waals surface area contributed by atoms with Gasteiger partial charge in [-0.3, -0.25) is 0 Å². The van der Waals surface area contributed by atoms with Crippen molar-refractivity contribution in [1.29, 1.82) is 0 Å². The number of rotatable bonds is 8. The number of hydrogen-bond acceptors (Lipinski definition) is 5. The van der Waals surface area contributed by atoms with E-state index in [0.29, 0.717) is 18.8 Å². The first-order valence-corrected chi connectivity index (χ1v) is 5.96. The molecule has 1 aromatic rings. The molecule has 1 rings (SSSR count). The van der Waals surface area contributed by atoms with Gasteiger partial charge < -0.3 is 15.2 Å². The first-order chi connectivity index (χ1) is 8.67. The molecule has 0 fully saturated rings. The summed E-state index contributed by atoms with van der Waals surface area (Å²) in [4.78, 5) is 19.2. The molecule has 18 heavy (non-hydrogen) atoms. The van der Waals surface area contributed by atoms with Gasteiger partial charge in [0.25, 0.3) is 0 Å². The maximum atomic E-state index is 11.1. The minimum absolute atomic E-state index is 0.386. The molecule has 1 aromatic heterocycles. The van der Waals surface area contributed by atoms with Gasteiger partial charge in [0.2, 0.25) is 0 Å². The van der Waals surface area contributed by atoms with Gasteiger partial charge in [-0.25, -0.2) is 14.8 Å². The molecule has 0 aliphatic heterocycles. The fourth-order valence-electron chi connectivity index (χ4n) is 1.54. The second-order valence-electron chi connectivity index (χ2n) is 3.96. The Labute approximate surface area is 106 Å². The first-order valence-electron chi connectivity index (χ1n) is 5.96. The molecule has 0 aliphatic rings. The van der Waals surface area contributed by atoms with Crippen molar-refractivity contribution in [3.05, 3.63) is 18.1 Å². The third kappa shape index (κ3) is 4.67. The van der Waals surface area contributed by atoms with E-state index in [-0.39, 0.29) is 0 Å². The lowest BCUT2D eigenvalue weighted by molar-refractivity contribution is -0.138. The van der Waals surface area contributed by atoms with E-state index in [2.05, 4.69) is 22.2 Å². The van der Waals surface area contributed by atoms with Crippen LogP contribution in [-0.2, 0) is 16.0 Å². The van der Waals surface area contributed by atoms with Crippen LogP contribution in [0.2, 0.25) is 0 Å². The van der Waals surface area contributed by atoms with Gasteiger partial charge >= 0.3 is 5.97 Å². The fourth-order valence-corrected chi connectivity index (χ4v) is 1.54. The number of ether oxygens (including phenoxy) is 1. The number of aliphatic carboxylic acids is 1. The van der Waals surface area contributed by atoms with E-state index in [1.165, 1.54) is 6.33 Å². The number of aryl methyl sites for hydroxylation is 1. The van der Waals surface area contributed by atoms with Crippen molar-refractivity contribution >= 4 is 11.8 Å². The van der Waals surface area contributed by atoms with Gasteiger partial charge in [-0.2, -0.15) is 0 Å². The summed E-state index contributed by atoms with van der Waals surface area (Å²) in [6.45, 7) is 2.45. The third-order valence-electron chi connectivity index (χ3n) is 2.46. The van der Waals surface area contributed by atoms with Gasteiger partial charge in [-0.05, 0) is 6.42 Å². The van der Waals surface area contributed by atoms with Crippen LogP contribution >= 0.6 is 0 Å². The van der Waals surface area contributed by atoms with Gasteiger partial charge in [0, 0.05) is 31.9 Å². The van der Waals surface area contributed by atoms with Crippen LogP contribution in [0, 0.1) is 0 Å². The van der Waals surface area contributed by atoms with Crippen LogP contribution in [0.5, 0.6) is 0 Å². The monoisotopic (exact) mass is 253 g/mol. The van der Waals surface area contributed by atoms with Gasteiger partial charge in [-0.1, -0.05) is 13.3 Å². The Balaban J connectivity index is 2.67. The fraction of sp³-hybridized carbons (Fsp3) is 0.583. The van der Waals surface area contributed by atoms with E-state index in [1.54, 1.807) is 13.2 Å². The summed E-state index contributed by atoms with van der Waals surface area (Å²) >= 11 is 0. The molecule has 1 atom stereocenters. The highest BCUT2D eigenvalue weighted by atomic mass is 16.5. The summed E-state index contributed by atoms with van der Waals surface area (Å²) < 4.78 is 4.89. The Hall–Kier alpha value is -1.69. The molecule has 1 unspecified atom stereocenters. The molecule has 0 spiro atoms. The molecule has 0 saturated heterocycles. The van der Waals surface area contributed by atoms with Crippen molar-refractivity contribution in [1.82, 2.24) is 9.97 Å². The second-order valence-corrected chi connectivity index (χ2v) is 3.96. The molecule has 0 aliphatic carbocycles. The number of carbonyl (C=O) groups is 1. The Morgan fingerprint density at radius 1 is 1.56 bits per heavy atom. The number of hydrogen-bond donors (Lipinski definition) is 2. The molecule has 0 radical (unpaired) electrons. The average molecular weight is 253 g/mol. The van der Waals surface area contributed by atoms with Crippen LogP contribution in [0.25, 0.3) is 0 Å². The zero-order valence-electron chi connectivity index (χ0n) is 10.7. The smallest absolute Gasteiger partial charge is 0.326 e. The minimum atomic E-state index is -0.914. The van der Waals surface area contributed by atoms with Crippen LogP contribution in [-0.4, -0.2) is 40.8 Å². The zero-order valence-corrected chi connectivity index (χ0v) is 10.7. The molecule has 2 N–H and O–H groups in total. The molecule has 100 valence electrons.